The van der Waals surface area contributed by atoms with Gasteiger partial charge in [-0.3, -0.25) is 0 Å². The van der Waals surface area contributed by atoms with Crippen LogP contribution in [-0.2, 0) is 14.9 Å². The molecule has 0 spiro atoms. The fraction of sp³-hybridized carbons (Fsp3) is 0.462. The number of aliphatic carboxylic acids is 1. The predicted octanol–water partition coefficient (Wildman–Crippen LogP) is 2.51. The zero-order valence-electron chi connectivity index (χ0n) is 10.5. The molecule has 0 amide bonds. The third kappa shape index (κ3) is 2.82. The summed E-state index contributed by atoms with van der Waals surface area (Å²) < 4.78 is 18.3. The Bertz CT molecular complexity index is 406. The molecule has 0 radical (unpaired) electrons. The molecule has 0 saturated heterocycles. The van der Waals surface area contributed by atoms with Crippen molar-refractivity contribution in [2.75, 3.05) is 7.11 Å². The Morgan fingerprint density at radius 1 is 1.41 bits per heavy atom. The van der Waals surface area contributed by atoms with Crippen molar-refractivity contribution >= 4 is 5.97 Å². The molecule has 0 saturated carbocycles. The highest BCUT2D eigenvalue weighted by Gasteiger charge is 2.37. The molecule has 1 unspecified atom stereocenters. The van der Waals surface area contributed by atoms with E-state index < -0.39 is 17.5 Å². The maximum absolute atomic E-state index is 13.3. The molecule has 0 bridgehead atoms. The quantitative estimate of drug-likeness (QED) is 0.879. The first-order valence-electron chi connectivity index (χ1n) is 5.32. The Hall–Kier alpha value is -1.42. The summed E-state index contributed by atoms with van der Waals surface area (Å²) in [7, 11) is 1.34. The molecular formula is C13H17FO3. The molecule has 0 fully saturated rings. The number of rotatable bonds is 4. The van der Waals surface area contributed by atoms with Gasteiger partial charge in [-0.2, -0.15) is 0 Å². The molecule has 0 aromatic heterocycles. The number of methoxy groups -OCH3 is 1. The molecule has 1 aromatic carbocycles. The zero-order valence-corrected chi connectivity index (χ0v) is 10.5. The minimum absolute atomic E-state index is 0.367. The van der Waals surface area contributed by atoms with Crippen molar-refractivity contribution in [1.82, 2.24) is 0 Å². The Morgan fingerprint density at radius 3 is 2.41 bits per heavy atom. The van der Waals surface area contributed by atoms with Gasteiger partial charge in [-0.25, -0.2) is 9.18 Å². The molecule has 17 heavy (non-hydrogen) atoms. The SMILES string of the molecule is COC(C(=O)O)C(C)(C)c1cc(C)cc(F)c1. The largest absolute Gasteiger partial charge is 0.479 e. The van der Waals surface area contributed by atoms with Crippen molar-refractivity contribution < 1.29 is 19.0 Å². The van der Waals surface area contributed by atoms with Crippen LogP contribution in [0.25, 0.3) is 0 Å². The topological polar surface area (TPSA) is 46.5 Å². The van der Waals surface area contributed by atoms with Gasteiger partial charge in [0.1, 0.15) is 5.82 Å². The number of hydrogen-bond donors (Lipinski definition) is 1. The van der Waals surface area contributed by atoms with E-state index in [1.807, 2.05) is 0 Å². The monoisotopic (exact) mass is 240 g/mol. The van der Waals surface area contributed by atoms with Gasteiger partial charge in [-0.15, -0.1) is 0 Å². The Labute approximate surface area is 100 Å². The normalized spacial score (nSPS) is 13.5. The predicted molar refractivity (Wildman–Crippen MR) is 62.6 cm³/mol. The highest BCUT2D eigenvalue weighted by molar-refractivity contribution is 5.74. The van der Waals surface area contributed by atoms with E-state index in [1.54, 1.807) is 26.8 Å². The summed E-state index contributed by atoms with van der Waals surface area (Å²) in [6, 6.07) is 4.53. The Balaban J connectivity index is 3.23. The van der Waals surface area contributed by atoms with E-state index in [2.05, 4.69) is 0 Å². The lowest BCUT2D eigenvalue weighted by Gasteiger charge is -2.31. The van der Waals surface area contributed by atoms with Crippen LogP contribution < -0.4 is 0 Å². The van der Waals surface area contributed by atoms with Crippen LogP contribution in [0.15, 0.2) is 18.2 Å². The van der Waals surface area contributed by atoms with Gasteiger partial charge in [-0.05, 0) is 30.2 Å². The summed E-state index contributed by atoms with van der Waals surface area (Å²) in [6.45, 7) is 5.22. The van der Waals surface area contributed by atoms with Crippen LogP contribution in [0.3, 0.4) is 0 Å². The molecule has 1 N–H and O–H groups in total. The van der Waals surface area contributed by atoms with Gasteiger partial charge in [0, 0.05) is 12.5 Å². The van der Waals surface area contributed by atoms with E-state index in [4.69, 9.17) is 9.84 Å². The number of hydrogen-bond acceptors (Lipinski definition) is 2. The highest BCUT2D eigenvalue weighted by atomic mass is 19.1. The van der Waals surface area contributed by atoms with E-state index >= 15 is 0 Å². The first-order valence-corrected chi connectivity index (χ1v) is 5.32. The fourth-order valence-electron chi connectivity index (χ4n) is 1.96. The number of halogens is 1. The smallest absolute Gasteiger partial charge is 0.333 e. The second-order valence-electron chi connectivity index (χ2n) is 4.69. The number of benzene rings is 1. The summed E-state index contributed by atoms with van der Waals surface area (Å²) in [5.41, 5.74) is 0.575. The summed E-state index contributed by atoms with van der Waals surface area (Å²) in [5.74, 6) is -1.42. The first-order chi connectivity index (χ1) is 7.78. The molecule has 0 aliphatic carbocycles. The minimum Gasteiger partial charge on any atom is -0.479 e. The molecule has 1 atom stereocenters. The average molecular weight is 240 g/mol. The average Bonchev–Trinajstić information content (AvgIpc) is 2.15. The molecule has 1 rings (SSSR count). The lowest BCUT2D eigenvalue weighted by atomic mass is 9.78. The molecular weight excluding hydrogens is 223 g/mol. The zero-order chi connectivity index (χ0) is 13.2. The number of carboxylic acids is 1. The van der Waals surface area contributed by atoms with Crippen LogP contribution in [0.4, 0.5) is 4.39 Å². The van der Waals surface area contributed by atoms with Gasteiger partial charge in [0.15, 0.2) is 6.10 Å². The van der Waals surface area contributed by atoms with Crippen molar-refractivity contribution in [2.45, 2.75) is 32.3 Å². The van der Waals surface area contributed by atoms with Gasteiger partial charge in [0.2, 0.25) is 0 Å². The van der Waals surface area contributed by atoms with Crippen molar-refractivity contribution in [3.8, 4) is 0 Å². The number of ether oxygens (including phenoxy) is 1. The number of aryl methyl sites for hydroxylation is 1. The van der Waals surface area contributed by atoms with Gasteiger partial charge in [0.05, 0.1) is 0 Å². The van der Waals surface area contributed by atoms with Crippen LogP contribution in [-0.4, -0.2) is 24.3 Å². The van der Waals surface area contributed by atoms with E-state index in [0.717, 1.165) is 5.56 Å². The number of carboxylic acid groups (broad SMARTS) is 1. The van der Waals surface area contributed by atoms with Crippen molar-refractivity contribution in [3.05, 3.63) is 35.1 Å². The third-order valence-electron chi connectivity index (χ3n) is 2.90. The molecule has 0 aliphatic heterocycles. The van der Waals surface area contributed by atoms with Gasteiger partial charge >= 0.3 is 5.97 Å². The van der Waals surface area contributed by atoms with Crippen LogP contribution in [0.5, 0.6) is 0 Å². The lowest BCUT2D eigenvalue weighted by Crippen LogP contribution is -2.41. The summed E-state index contributed by atoms with van der Waals surface area (Å²) >= 11 is 0. The maximum Gasteiger partial charge on any atom is 0.333 e. The lowest BCUT2D eigenvalue weighted by molar-refractivity contribution is -0.152. The standard InChI is InChI=1S/C13H17FO3/c1-8-5-9(7-10(14)6-8)13(2,3)11(17-4)12(15)16/h5-7,11H,1-4H3,(H,15,16). The Morgan fingerprint density at radius 2 is 2.00 bits per heavy atom. The highest BCUT2D eigenvalue weighted by Crippen LogP contribution is 2.30. The van der Waals surface area contributed by atoms with Crippen LogP contribution in [0, 0.1) is 12.7 Å². The molecule has 0 heterocycles. The van der Waals surface area contributed by atoms with Crippen LogP contribution >= 0.6 is 0 Å². The molecule has 1 aromatic rings. The summed E-state index contributed by atoms with van der Waals surface area (Å²) in [4.78, 5) is 11.1. The molecule has 4 heteroatoms. The first kappa shape index (κ1) is 13.6. The van der Waals surface area contributed by atoms with Gasteiger partial charge in [-0.1, -0.05) is 19.9 Å². The fourth-order valence-corrected chi connectivity index (χ4v) is 1.96. The van der Waals surface area contributed by atoms with Gasteiger partial charge < -0.3 is 9.84 Å². The van der Waals surface area contributed by atoms with Gasteiger partial charge in [0.25, 0.3) is 0 Å². The molecule has 0 aliphatic rings. The van der Waals surface area contributed by atoms with Crippen molar-refractivity contribution in [1.29, 1.82) is 0 Å². The van der Waals surface area contributed by atoms with E-state index in [-0.39, 0.29) is 5.82 Å². The van der Waals surface area contributed by atoms with E-state index in [0.29, 0.717) is 5.56 Å². The van der Waals surface area contributed by atoms with E-state index in [9.17, 15) is 9.18 Å². The molecule has 3 nitrogen and oxygen atoms in total. The minimum atomic E-state index is -1.06. The summed E-state index contributed by atoms with van der Waals surface area (Å²) in [6.07, 6.45) is -1.01. The molecule has 94 valence electrons. The van der Waals surface area contributed by atoms with E-state index in [1.165, 1.54) is 19.2 Å². The summed E-state index contributed by atoms with van der Waals surface area (Å²) in [5, 5.41) is 9.09. The Kier molecular flexibility index (Phi) is 3.88. The van der Waals surface area contributed by atoms with Crippen LogP contribution in [0.2, 0.25) is 0 Å². The maximum atomic E-state index is 13.3. The number of carbonyl (C=O) groups is 1. The second-order valence-corrected chi connectivity index (χ2v) is 4.69. The second kappa shape index (κ2) is 4.84. The van der Waals surface area contributed by atoms with Crippen LogP contribution in [0.1, 0.15) is 25.0 Å². The van der Waals surface area contributed by atoms with Crippen molar-refractivity contribution in [2.24, 2.45) is 0 Å². The van der Waals surface area contributed by atoms with Crippen molar-refractivity contribution in [3.63, 3.8) is 0 Å². The third-order valence-corrected chi connectivity index (χ3v) is 2.90.